The first kappa shape index (κ1) is 18.4. The molecule has 0 aliphatic carbocycles. The molecule has 1 fully saturated rings. The van der Waals surface area contributed by atoms with Gasteiger partial charge >= 0.3 is 12.0 Å². The molecule has 0 bridgehead atoms. The van der Waals surface area contributed by atoms with Gasteiger partial charge in [0.15, 0.2) is 0 Å². The lowest BCUT2D eigenvalue weighted by molar-refractivity contribution is -0.136. The van der Waals surface area contributed by atoms with Crippen LogP contribution in [0.15, 0.2) is 18.2 Å². The summed E-state index contributed by atoms with van der Waals surface area (Å²) in [5.41, 5.74) is 0.422. The smallest absolute Gasteiger partial charge is 0.319 e. The monoisotopic (exact) mass is 356 g/mol. The molecule has 2 amide bonds. The molecular weight excluding hydrogens is 336 g/mol. The number of hydrogen-bond donors (Lipinski definition) is 3. The zero-order chi connectivity index (χ0) is 17.4. The van der Waals surface area contributed by atoms with Crippen LogP contribution < -0.4 is 15.4 Å². The van der Waals surface area contributed by atoms with Crippen LogP contribution in [0.4, 0.5) is 10.5 Å². The molecule has 1 aromatic rings. The summed E-state index contributed by atoms with van der Waals surface area (Å²) in [5.74, 6) is -0.489. The van der Waals surface area contributed by atoms with Gasteiger partial charge < -0.3 is 25.2 Å². The first-order valence-corrected chi connectivity index (χ1v) is 8.23. The number of carboxylic acids is 1. The van der Waals surface area contributed by atoms with Crippen LogP contribution in [0.2, 0.25) is 5.02 Å². The zero-order valence-corrected chi connectivity index (χ0v) is 14.0. The molecule has 3 N–H and O–H groups in total. The molecule has 0 radical (unpaired) electrons. The highest BCUT2D eigenvalue weighted by Gasteiger charge is 2.16. The first-order chi connectivity index (χ1) is 11.5. The van der Waals surface area contributed by atoms with Crippen LogP contribution in [0, 0.1) is 0 Å². The van der Waals surface area contributed by atoms with E-state index in [4.69, 9.17) is 26.2 Å². The number of rotatable bonds is 7. The van der Waals surface area contributed by atoms with Crippen molar-refractivity contribution in [3.05, 3.63) is 23.2 Å². The van der Waals surface area contributed by atoms with Crippen molar-refractivity contribution in [2.45, 2.75) is 31.8 Å². The van der Waals surface area contributed by atoms with E-state index in [-0.39, 0.29) is 19.1 Å². The van der Waals surface area contributed by atoms with Gasteiger partial charge in [0.25, 0.3) is 0 Å². The number of urea groups is 1. The van der Waals surface area contributed by atoms with Gasteiger partial charge in [-0.15, -0.1) is 0 Å². The van der Waals surface area contributed by atoms with Crippen molar-refractivity contribution in [2.75, 3.05) is 25.1 Å². The van der Waals surface area contributed by atoms with E-state index in [2.05, 4.69) is 10.6 Å². The van der Waals surface area contributed by atoms with Gasteiger partial charge in [-0.3, -0.25) is 4.79 Å². The molecule has 24 heavy (non-hydrogen) atoms. The molecule has 1 atom stereocenters. The normalized spacial score (nSPS) is 17.1. The lowest BCUT2D eigenvalue weighted by atomic mass is 10.1. The summed E-state index contributed by atoms with van der Waals surface area (Å²) in [6, 6.07) is 4.41. The van der Waals surface area contributed by atoms with Crippen molar-refractivity contribution >= 4 is 29.3 Å². The van der Waals surface area contributed by atoms with E-state index in [1.165, 1.54) is 0 Å². The topological polar surface area (TPSA) is 96.9 Å². The van der Waals surface area contributed by atoms with E-state index in [1.807, 2.05) is 0 Å². The molecule has 0 saturated carbocycles. The van der Waals surface area contributed by atoms with Crippen LogP contribution in [0.3, 0.4) is 0 Å². The van der Waals surface area contributed by atoms with Crippen molar-refractivity contribution < 1.29 is 24.2 Å². The van der Waals surface area contributed by atoms with Crippen molar-refractivity contribution in [3.8, 4) is 5.75 Å². The van der Waals surface area contributed by atoms with E-state index >= 15 is 0 Å². The van der Waals surface area contributed by atoms with Gasteiger partial charge in [0.05, 0.1) is 18.2 Å². The second-order valence-corrected chi connectivity index (χ2v) is 5.90. The Morgan fingerprint density at radius 1 is 1.38 bits per heavy atom. The van der Waals surface area contributed by atoms with E-state index in [1.54, 1.807) is 18.2 Å². The van der Waals surface area contributed by atoms with Gasteiger partial charge in [0.1, 0.15) is 12.4 Å². The molecule has 1 saturated heterocycles. The summed E-state index contributed by atoms with van der Waals surface area (Å²) in [6.45, 7) is 1.18. The van der Waals surface area contributed by atoms with Crippen LogP contribution in [0.1, 0.15) is 25.7 Å². The molecule has 0 aromatic heterocycles. The number of aliphatic carboxylic acids is 1. The molecule has 1 heterocycles. The van der Waals surface area contributed by atoms with Gasteiger partial charge in [0.2, 0.25) is 0 Å². The predicted molar refractivity (Wildman–Crippen MR) is 89.8 cm³/mol. The van der Waals surface area contributed by atoms with Gasteiger partial charge in [-0.2, -0.15) is 0 Å². The summed E-state index contributed by atoms with van der Waals surface area (Å²) < 4.78 is 11.4. The summed E-state index contributed by atoms with van der Waals surface area (Å²) in [6.07, 6.45) is 3.04. The fourth-order valence-electron chi connectivity index (χ4n) is 2.30. The van der Waals surface area contributed by atoms with Gasteiger partial charge in [-0.05, 0) is 37.5 Å². The lowest BCUT2D eigenvalue weighted by Gasteiger charge is -2.23. The third kappa shape index (κ3) is 6.25. The Balaban J connectivity index is 1.91. The second-order valence-electron chi connectivity index (χ2n) is 5.46. The van der Waals surface area contributed by atoms with Crippen LogP contribution in [0.5, 0.6) is 5.75 Å². The second kappa shape index (κ2) is 9.34. The van der Waals surface area contributed by atoms with Crippen molar-refractivity contribution in [1.29, 1.82) is 0 Å². The highest BCUT2D eigenvalue weighted by atomic mass is 35.5. The Labute approximate surface area is 145 Å². The molecule has 8 heteroatoms. The largest absolute Gasteiger partial charge is 0.489 e. The first-order valence-electron chi connectivity index (χ1n) is 7.85. The Hall–Kier alpha value is -1.99. The van der Waals surface area contributed by atoms with Gasteiger partial charge in [-0.25, -0.2) is 4.79 Å². The minimum atomic E-state index is -0.977. The Morgan fingerprint density at radius 3 is 2.92 bits per heavy atom. The number of benzene rings is 1. The van der Waals surface area contributed by atoms with E-state index in [0.717, 1.165) is 25.9 Å². The molecule has 1 aromatic carbocycles. The SMILES string of the molecule is O=C(O)CCNC(=O)Nc1cc(Cl)ccc1OCC1CCCCO1. The third-order valence-corrected chi connectivity index (χ3v) is 3.75. The molecule has 1 aliphatic heterocycles. The van der Waals surface area contributed by atoms with E-state index in [9.17, 15) is 9.59 Å². The maximum atomic E-state index is 11.8. The number of carboxylic acid groups (broad SMARTS) is 1. The van der Waals surface area contributed by atoms with Crippen molar-refractivity contribution in [1.82, 2.24) is 5.32 Å². The van der Waals surface area contributed by atoms with Crippen LogP contribution in [-0.4, -0.2) is 43.0 Å². The lowest BCUT2D eigenvalue weighted by Crippen LogP contribution is -2.31. The summed E-state index contributed by atoms with van der Waals surface area (Å²) in [7, 11) is 0. The number of ether oxygens (including phenoxy) is 2. The number of anilines is 1. The fraction of sp³-hybridized carbons (Fsp3) is 0.500. The molecule has 7 nitrogen and oxygen atoms in total. The van der Waals surface area contributed by atoms with Crippen LogP contribution >= 0.6 is 11.6 Å². The van der Waals surface area contributed by atoms with E-state index in [0.29, 0.717) is 23.1 Å². The quantitative estimate of drug-likeness (QED) is 0.698. The minimum absolute atomic E-state index is 0.0356. The average molecular weight is 357 g/mol. The number of carbonyl (C=O) groups is 2. The Kier molecular flexibility index (Phi) is 7.14. The molecular formula is C16H21ClN2O5. The number of carbonyl (C=O) groups excluding carboxylic acids is 1. The zero-order valence-electron chi connectivity index (χ0n) is 13.2. The Bertz CT molecular complexity index is 576. The number of hydrogen-bond acceptors (Lipinski definition) is 4. The highest BCUT2D eigenvalue weighted by Crippen LogP contribution is 2.28. The van der Waals surface area contributed by atoms with E-state index < -0.39 is 12.0 Å². The van der Waals surface area contributed by atoms with Crippen molar-refractivity contribution in [3.63, 3.8) is 0 Å². The minimum Gasteiger partial charge on any atom is -0.489 e. The maximum Gasteiger partial charge on any atom is 0.319 e. The number of nitrogens with one attached hydrogen (secondary N) is 2. The van der Waals surface area contributed by atoms with Crippen LogP contribution in [-0.2, 0) is 9.53 Å². The van der Waals surface area contributed by atoms with Gasteiger partial charge in [0, 0.05) is 18.2 Å². The number of amides is 2. The highest BCUT2D eigenvalue weighted by molar-refractivity contribution is 6.31. The maximum absolute atomic E-state index is 11.8. The number of halogens is 1. The standard InChI is InChI=1S/C16H21ClN2O5/c17-11-4-5-14(24-10-12-3-1-2-8-23-12)13(9-11)19-16(22)18-7-6-15(20)21/h4-5,9,12H,1-3,6-8,10H2,(H,20,21)(H2,18,19,22). The molecule has 2 rings (SSSR count). The molecule has 132 valence electrons. The van der Waals surface area contributed by atoms with Crippen LogP contribution in [0.25, 0.3) is 0 Å². The fourth-order valence-corrected chi connectivity index (χ4v) is 2.47. The predicted octanol–water partition coefficient (Wildman–Crippen LogP) is 2.88. The van der Waals surface area contributed by atoms with Gasteiger partial charge in [-0.1, -0.05) is 11.6 Å². The third-order valence-electron chi connectivity index (χ3n) is 3.51. The average Bonchev–Trinajstić information content (AvgIpc) is 2.54. The summed E-state index contributed by atoms with van der Waals surface area (Å²) in [5, 5.41) is 14.1. The molecule has 1 unspecified atom stereocenters. The molecule has 1 aliphatic rings. The molecule has 0 spiro atoms. The summed E-state index contributed by atoms with van der Waals surface area (Å²) in [4.78, 5) is 22.3. The summed E-state index contributed by atoms with van der Waals surface area (Å²) >= 11 is 5.97. The van der Waals surface area contributed by atoms with Crippen molar-refractivity contribution in [2.24, 2.45) is 0 Å². The Morgan fingerprint density at radius 2 is 2.21 bits per heavy atom.